The third kappa shape index (κ3) is 8.69. The van der Waals surface area contributed by atoms with Crippen molar-refractivity contribution in [2.45, 2.75) is 77.3 Å². The minimum atomic E-state index is -0.401. The first-order chi connectivity index (χ1) is 24.1. The lowest BCUT2D eigenvalue weighted by Crippen LogP contribution is -2.46. The van der Waals surface area contributed by atoms with E-state index in [1.165, 1.54) is 18.9 Å². The smallest absolute Gasteiger partial charge is 0.274 e. The number of carbonyl (C=O) groups is 3. The van der Waals surface area contributed by atoms with Gasteiger partial charge in [0, 0.05) is 42.8 Å². The Kier molecular flexibility index (Phi) is 12.6. The van der Waals surface area contributed by atoms with Crippen LogP contribution in [0.15, 0.2) is 71.6 Å². The lowest BCUT2D eigenvalue weighted by molar-refractivity contribution is -0.114. The first-order valence-electron chi connectivity index (χ1n) is 17.1. The second-order valence-electron chi connectivity index (χ2n) is 12.6. The number of benzene rings is 3. The van der Waals surface area contributed by atoms with Gasteiger partial charge in [-0.1, -0.05) is 62.6 Å². The van der Waals surface area contributed by atoms with Gasteiger partial charge in [-0.2, -0.15) is 5.10 Å². The summed E-state index contributed by atoms with van der Waals surface area (Å²) in [4.78, 5) is 44.2. The number of rotatable bonds is 14. The summed E-state index contributed by atoms with van der Waals surface area (Å²) in [5.41, 5.74) is 5.32. The Labute approximate surface area is 303 Å². The van der Waals surface area contributed by atoms with Gasteiger partial charge in [-0.25, -0.2) is 4.68 Å². The molecule has 264 valence electrons. The molecule has 3 amide bonds. The number of fused-ring (bicyclic) bond motifs is 1. The number of aromatic nitrogens is 2. The summed E-state index contributed by atoms with van der Waals surface area (Å²) in [6.07, 6.45) is 4.34. The number of unbranched alkanes of at least 4 members (excludes halogenated alkanes) is 2. The predicted octanol–water partition coefficient (Wildman–Crippen LogP) is 7.51. The van der Waals surface area contributed by atoms with Crippen LogP contribution in [0.4, 0.5) is 11.4 Å². The summed E-state index contributed by atoms with van der Waals surface area (Å²) in [6.45, 7) is 9.04. The van der Waals surface area contributed by atoms with E-state index in [1.54, 1.807) is 33.8 Å². The van der Waals surface area contributed by atoms with Crippen molar-refractivity contribution < 1.29 is 19.5 Å². The van der Waals surface area contributed by atoms with Crippen LogP contribution in [0.5, 0.6) is 0 Å². The van der Waals surface area contributed by atoms with E-state index in [1.807, 2.05) is 54.3 Å². The van der Waals surface area contributed by atoms with Crippen LogP contribution in [-0.2, 0) is 17.8 Å². The zero-order valence-corrected chi connectivity index (χ0v) is 30.6. The fourth-order valence-corrected chi connectivity index (χ4v) is 7.03. The van der Waals surface area contributed by atoms with E-state index in [2.05, 4.69) is 23.9 Å². The summed E-state index contributed by atoms with van der Waals surface area (Å²) in [7, 11) is 0. The maximum absolute atomic E-state index is 14.6. The number of aryl methyl sites for hydroxylation is 1. The summed E-state index contributed by atoms with van der Waals surface area (Å²) < 4.78 is 4.99. The molecule has 3 aromatic carbocycles. The van der Waals surface area contributed by atoms with Crippen LogP contribution in [0.3, 0.4) is 0 Å². The van der Waals surface area contributed by atoms with Gasteiger partial charge in [0.25, 0.3) is 11.8 Å². The maximum atomic E-state index is 14.6. The van der Waals surface area contributed by atoms with E-state index < -0.39 is 6.04 Å². The molecule has 1 atom stereocenters. The number of aliphatic hydroxyl groups excluding tert-OH is 1. The number of nitrogens with zero attached hydrogens (tertiary/aromatic N) is 4. The molecule has 0 radical (unpaired) electrons. The van der Waals surface area contributed by atoms with E-state index in [9.17, 15) is 19.5 Å². The van der Waals surface area contributed by atoms with Crippen LogP contribution in [-0.4, -0.2) is 68.1 Å². The van der Waals surface area contributed by atoms with Crippen LogP contribution < -0.4 is 10.0 Å². The number of hydrogen-bond donors (Lipinski definition) is 3. The highest BCUT2D eigenvalue weighted by Gasteiger charge is 2.32. The molecule has 5 rings (SSSR count). The van der Waals surface area contributed by atoms with Crippen molar-refractivity contribution in [2.24, 2.45) is 0 Å². The molecule has 0 spiro atoms. The van der Waals surface area contributed by atoms with Gasteiger partial charge < -0.3 is 24.9 Å². The topological polar surface area (TPSA) is 120 Å². The third-order valence-electron chi connectivity index (χ3n) is 8.78. The monoisotopic (exact) mass is 716 g/mol. The van der Waals surface area contributed by atoms with Crippen LogP contribution in [0.25, 0.3) is 5.69 Å². The highest BCUT2D eigenvalue weighted by molar-refractivity contribution is 8.00. The molecule has 3 N–H and O–H groups in total. The van der Waals surface area contributed by atoms with Gasteiger partial charge in [0.1, 0.15) is 0 Å². The fraction of sp³-hybridized carbons (Fsp3) is 0.368. The van der Waals surface area contributed by atoms with Gasteiger partial charge in [-0.05, 0) is 91.7 Å². The standard InChI is InChI=1S/C38H45ClN6O4S/c1-5-7-17-43(18-8-6-2)38(49)35-19-25(3)45(41-35)36-16-13-29(42-50-31-14-15-34(33(39)22-31)40-26(4)47)21-32(36)37(48)44-23-28-12-10-9-11-27(28)20-30(44)24-46/h9-16,19,21-22,30,42,46H,5-8,17-18,20,23-24H2,1-4H3,(H,40,47)/t30-/m0/s1. The SMILES string of the molecule is CCCCN(CCCC)C(=O)c1cc(C)n(-c2ccc(NSc3ccc(NC(C)=O)c(Cl)c3)cc2C(=O)N2Cc3ccccc3C[C@H]2CO)n1. The number of anilines is 2. The van der Waals surface area contributed by atoms with Crippen molar-refractivity contribution in [3.05, 3.63) is 99.8 Å². The molecule has 0 saturated heterocycles. The van der Waals surface area contributed by atoms with Gasteiger partial charge in [-0.15, -0.1) is 0 Å². The quantitative estimate of drug-likeness (QED) is 0.116. The highest BCUT2D eigenvalue weighted by Crippen LogP contribution is 2.32. The van der Waals surface area contributed by atoms with Gasteiger partial charge in [-0.3, -0.25) is 14.4 Å². The summed E-state index contributed by atoms with van der Waals surface area (Å²) >= 11 is 7.72. The molecule has 10 nitrogen and oxygen atoms in total. The average Bonchev–Trinajstić information content (AvgIpc) is 3.51. The minimum Gasteiger partial charge on any atom is -0.394 e. The fourth-order valence-electron chi connectivity index (χ4n) is 6.06. The Hall–Kier alpha value is -4.32. The number of halogens is 1. The first-order valence-corrected chi connectivity index (χ1v) is 18.3. The lowest BCUT2D eigenvalue weighted by Gasteiger charge is -2.36. The second-order valence-corrected chi connectivity index (χ2v) is 13.9. The van der Waals surface area contributed by atoms with Crippen LogP contribution in [0, 0.1) is 6.92 Å². The average molecular weight is 717 g/mol. The Morgan fingerprint density at radius 2 is 1.72 bits per heavy atom. The Morgan fingerprint density at radius 3 is 2.38 bits per heavy atom. The Balaban J connectivity index is 1.50. The third-order valence-corrected chi connectivity index (χ3v) is 9.92. The van der Waals surface area contributed by atoms with E-state index in [4.69, 9.17) is 16.7 Å². The lowest BCUT2D eigenvalue weighted by atomic mass is 9.93. The van der Waals surface area contributed by atoms with Crippen molar-refractivity contribution in [1.29, 1.82) is 0 Å². The van der Waals surface area contributed by atoms with Crippen molar-refractivity contribution in [3.63, 3.8) is 0 Å². The maximum Gasteiger partial charge on any atom is 0.274 e. The van der Waals surface area contributed by atoms with Crippen molar-refractivity contribution in [2.75, 3.05) is 29.7 Å². The molecule has 1 aliphatic heterocycles. The van der Waals surface area contributed by atoms with Gasteiger partial charge in [0.15, 0.2) is 5.69 Å². The van der Waals surface area contributed by atoms with Crippen molar-refractivity contribution in [3.8, 4) is 5.69 Å². The molecule has 0 fully saturated rings. The largest absolute Gasteiger partial charge is 0.394 e. The number of carbonyl (C=O) groups excluding carboxylic acids is 3. The number of nitrogens with one attached hydrogen (secondary N) is 2. The Bertz CT molecular complexity index is 1840. The van der Waals surface area contributed by atoms with Crippen LogP contribution in [0.1, 0.15) is 84.1 Å². The molecule has 12 heteroatoms. The molecular formula is C38H45ClN6O4S. The molecule has 0 bridgehead atoms. The Morgan fingerprint density at radius 1 is 1.00 bits per heavy atom. The molecule has 4 aromatic rings. The molecular weight excluding hydrogens is 672 g/mol. The van der Waals surface area contributed by atoms with Gasteiger partial charge >= 0.3 is 0 Å². The molecule has 1 aromatic heterocycles. The number of aliphatic hydroxyl groups is 1. The molecule has 1 aliphatic rings. The predicted molar refractivity (Wildman–Crippen MR) is 200 cm³/mol. The van der Waals surface area contributed by atoms with Crippen LogP contribution in [0.2, 0.25) is 5.02 Å². The number of hydrogen-bond acceptors (Lipinski definition) is 7. The summed E-state index contributed by atoms with van der Waals surface area (Å²) in [5.74, 6) is -0.578. The minimum absolute atomic E-state index is 0.118. The zero-order chi connectivity index (χ0) is 35.8. The molecule has 2 heterocycles. The van der Waals surface area contributed by atoms with Crippen molar-refractivity contribution >= 4 is 52.6 Å². The molecule has 0 unspecified atom stereocenters. The normalized spacial score (nSPS) is 13.9. The van der Waals surface area contributed by atoms with Crippen LogP contribution >= 0.6 is 23.5 Å². The number of amides is 3. The van der Waals surface area contributed by atoms with Crippen molar-refractivity contribution in [1.82, 2.24) is 19.6 Å². The van der Waals surface area contributed by atoms with E-state index >= 15 is 0 Å². The molecule has 50 heavy (non-hydrogen) atoms. The van der Waals surface area contributed by atoms with Gasteiger partial charge in [0.05, 0.1) is 34.6 Å². The van der Waals surface area contributed by atoms with Gasteiger partial charge in [0.2, 0.25) is 5.91 Å². The molecule has 0 saturated carbocycles. The van der Waals surface area contributed by atoms with E-state index in [-0.39, 0.29) is 24.3 Å². The highest BCUT2D eigenvalue weighted by atomic mass is 35.5. The summed E-state index contributed by atoms with van der Waals surface area (Å²) in [5, 5.41) is 18.3. The molecule has 0 aliphatic carbocycles. The van der Waals surface area contributed by atoms with E-state index in [0.29, 0.717) is 59.4 Å². The van der Waals surface area contributed by atoms with E-state index in [0.717, 1.165) is 47.4 Å². The summed E-state index contributed by atoms with van der Waals surface area (Å²) in [6, 6.07) is 20.2. The first kappa shape index (κ1) is 36.9. The zero-order valence-electron chi connectivity index (χ0n) is 29.0. The second kappa shape index (κ2) is 17.1.